The molecule has 0 saturated carbocycles. The molecule has 0 spiro atoms. The van der Waals surface area contributed by atoms with Crippen LogP contribution in [0.3, 0.4) is 0 Å². The maximum Gasteiger partial charge on any atom is 0.332 e. The zero-order valence-electron chi connectivity index (χ0n) is 12.6. The van der Waals surface area contributed by atoms with Crippen molar-refractivity contribution in [2.24, 2.45) is 0 Å². The normalized spacial score (nSPS) is 19.3. The molecule has 120 valence electrons. The number of piperazine rings is 1. The summed E-state index contributed by atoms with van der Waals surface area (Å²) in [4.78, 5) is 23.9. The fourth-order valence-corrected chi connectivity index (χ4v) is 2.75. The van der Waals surface area contributed by atoms with Gasteiger partial charge in [0.15, 0.2) is 0 Å². The molecule has 3 heterocycles. The molecule has 22 heavy (non-hydrogen) atoms. The van der Waals surface area contributed by atoms with Gasteiger partial charge in [-0.25, -0.2) is 4.98 Å². The highest BCUT2D eigenvalue weighted by molar-refractivity contribution is 5.63. The molecule has 9 nitrogen and oxygen atoms in total. The molecule has 9 heteroatoms. The van der Waals surface area contributed by atoms with Crippen molar-refractivity contribution >= 4 is 17.5 Å². The molecule has 0 aromatic carbocycles. The third-order valence-corrected chi connectivity index (χ3v) is 3.92. The molecule has 0 atom stereocenters. The first kappa shape index (κ1) is 14.9. The molecule has 3 rings (SSSR count). The Bertz CT molecular complexity index is 555. The van der Waals surface area contributed by atoms with Crippen molar-refractivity contribution in [2.45, 2.75) is 6.92 Å². The highest BCUT2D eigenvalue weighted by Crippen LogP contribution is 2.31. The number of hydrogen-bond acceptors (Lipinski definition) is 8. The van der Waals surface area contributed by atoms with E-state index in [-0.39, 0.29) is 10.6 Å². The number of aromatic nitrogens is 2. The molecular formula is C13H20N6O3. The lowest BCUT2D eigenvalue weighted by atomic mass is 10.3. The van der Waals surface area contributed by atoms with E-state index in [1.165, 1.54) is 0 Å². The Balaban J connectivity index is 1.99. The maximum absolute atomic E-state index is 11.4. The van der Waals surface area contributed by atoms with Gasteiger partial charge < -0.3 is 19.9 Å². The molecule has 2 aliphatic rings. The first-order valence-electron chi connectivity index (χ1n) is 7.48. The number of nitrogens with zero attached hydrogens (tertiary/aromatic N) is 5. The molecule has 2 aliphatic heterocycles. The Hall–Kier alpha value is -2.00. The molecule has 0 radical (unpaired) electrons. The number of anilines is 2. The molecule has 1 N–H and O–H groups in total. The standard InChI is InChI=1S/C13H20N6O3/c1-10-11(19(20)21)12(17-6-8-22-9-7-17)16-13(15-10)18-4-2-14-3-5-18/h14H,2-9H2,1H3. The van der Waals surface area contributed by atoms with Crippen molar-refractivity contribution < 1.29 is 9.66 Å². The van der Waals surface area contributed by atoms with Crippen molar-refractivity contribution in [3.8, 4) is 0 Å². The molecule has 0 unspecified atom stereocenters. The van der Waals surface area contributed by atoms with Gasteiger partial charge in [0.05, 0.1) is 18.1 Å². The van der Waals surface area contributed by atoms with E-state index in [9.17, 15) is 10.1 Å². The smallest absolute Gasteiger partial charge is 0.332 e. The lowest BCUT2D eigenvalue weighted by Crippen LogP contribution is -2.44. The predicted octanol–water partition coefficient (Wildman–Crippen LogP) is -0.0606. The van der Waals surface area contributed by atoms with Crippen molar-refractivity contribution in [1.82, 2.24) is 15.3 Å². The molecule has 0 aliphatic carbocycles. The van der Waals surface area contributed by atoms with Crippen LogP contribution in [0.15, 0.2) is 0 Å². The van der Waals surface area contributed by atoms with Gasteiger partial charge >= 0.3 is 5.69 Å². The Morgan fingerprint density at radius 1 is 1.14 bits per heavy atom. The zero-order chi connectivity index (χ0) is 15.5. The molecule has 2 saturated heterocycles. The van der Waals surface area contributed by atoms with Crippen molar-refractivity contribution in [2.75, 3.05) is 62.3 Å². The maximum atomic E-state index is 11.4. The average molecular weight is 308 g/mol. The summed E-state index contributed by atoms with van der Waals surface area (Å²) >= 11 is 0. The predicted molar refractivity (Wildman–Crippen MR) is 81.5 cm³/mol. The summed E-state index contributed by atoms with van der Waals surface area (Å²) in [5.74, 6) is 0.987. The largest absolute Gasteiger partial charge is 0.378 e. The van der Waals surface area contributed by atoms with Crippen LogP contribution in [0.25, 0.3) is 0 Å². The van der Waals surface area contributed by atoms with Gasteiger partial charge in [-0.2, -0.15) is 4.98 Å². The van der Waals surface area contributed by atoms with Crippen LogP contribution < -0.4 is 15.1 Å². The number of ether oxygens (including phenoxy) is 1. The highest BCUT2D eigenvalue weighted by Gasteiger charge is 2.29. The van der Waals surface area contributed by atoms with Crippen LogP contribution in [0.5, 0.6) is 0 Å². The fraction of sp³-hybridized carbons (Fsp3) is 0.692. The molecule has 2 fully saturated rings. The second-order valence-corrected chi connectivity index (χ2v) is 5.37. The number of morpholine rings is 1. The van der Waals surface area contributed by atoms with Crippen LogP contribution in [0.4, 0.5) is 17.5 Å². The van der Waals surface area contributed by atoms with Crippen LogP contribution in [-0.4, -0.2) is 67.4 Å². The van der Waals surface area contributed by atoms with Gasteiger partial charge in [0, 0.05) is 39.3 Å². The molecule has 0 bridgehead atoms. The van der Waals surface area contributed by atoms with E-state index in [4.69, 9.17) is 4.74 Å². The number of hydrogen-bond donors (Lipinski definition) is 1. The second kappa shape index (κ2) is 6.41. The Labute approximate surface area is 128 Å². The van der Waals surface area contributed by atoms with Crippen LogP contribution in [0.1, 0.15) is 5.69 Å². The number of aryl methyl sites for hydroxylation is 1. The van der Waals surface area contributed by atoms with Gasteiger partial charge in [0.1, 0.15) is 5.69 Å². The summed E-state index contributed by atoms with van der Waals surface area (Å²) in [7, 11) is 0. The second-order valence-electron chi connectivity index (χ2n) is 5.37. The van der Waals surface area contributed by atoms with Gasteiger partial charge in [-0.3, -0.25) is 10.1 Å². The summed E-state index contributed by atoms with van der Waals surface area (Å²) in [6.45, 7) is 7.36. The van der Waals surface area contributed by atoms with E-state index < -0.39 is 0 Å². The minimum atomic E-state index is -0.387. The summed E-state index contributed by atoms with van der Waals surface area (Å²) in [6, 6.07) is 0. The molecular weight excluding hydrogens is 288 g/mol. The lowest BCUT2D eigenvalue weighted by molar-refractivity contribution is -0.385. The third-order valence-electron chi connectivity index (χ3n) is 3.92. The summed E-state index contributed by atoms with van der Waals surface area (Å²) in [5.41, 5.74) is 0.413. The Kier molecular flexibility index (Phi) is 4.34. The third kappa shape index (κ3) is 2.95. The quantitative estimate of drug-likeness (QED) is 0.613. The van der Waals surface area contributed by atoms with Crippen molar-refractivity contribution in [3.05, 3.63) is 15.8 Å². The monoisotopic (exact) mass is 308 g/mol. The van der Waals surface area contributed by atoms with Crippen LogP contribution in [0.2, 0.25) is 0 Å². The Morgan fingerprint density at radius 2 is 1.82 bits per heavy atom. The SMILES string of the molecule is Cc1nc(N2CCNCC2)nc(N2CCOCC2)c1[N+](=O)[O-]. The topological polar surface area (TPSA) is 96.7 Å². The van der Waals surface area contributed by atoms with Crippen LogP contribution >= 0.6 is 0 Å². The fourth-order valence-electron chi connectivity index (χ4n) is 2.75. The Morgan fingerprint density at radius 3 is 2.45 bits per heavy atom. The van der Waals surface area contributed by atoms with Crippen LogP contribution in [0, 0.1) is 17.0 Å². The van der Waals surface area contributed by atoms with E-state index in [0.717, 1.165) is 26.2 Å². The summed E-state index contributed by atoms with van der Waals surface area (Å²) in [5, 5.41) is 14.7. The minimum absolute atomic E-state index is 0.000726. The zero-order valence-corrected chi connectivity index (χ0v) is 12.6. The first-order chi connectivity index (χ1) is 10.7. The molecule has 1 aromatic rings. The minimum Gasteiger partial charge on any atom is -0.378 e. The first-order valence-corrected chi connectivity index (χ1v) is 7.48. The van der Waals surface area contributed by atoms with Crippen molar-refractivity contribution in [3.63, 3.8) is 0 Å². The van der Waals surface area contributed by atoms with E-state index in [0.29, 0.717) is 43.8 Å². The molecule has 0 amide bonds. The highest BCUT2D eigenvalue weighted by atomic mass is 16.6. The van der Waals surface area contributed by atoms with Crippen LogP contribution in [-0.2, 0) is 4.74 Å². The van der Waals surface area contributed by atoms with E-state index >= 15 is 0 Å². The summed E-state index contributed by atoms with van der Waals surface area (Å²) in [6.07, 6.45) is 0. The van der Waals surface area contributed by atoms with Gasteiger partial charge in [-0.05, 0) is 6.92 Å². The summed E-state index contributed by atoms with van der Waals surface area (Å²) < 4.78 is 5.32. The van der Waals surface area contributed by atoms with E-state index in [1.54, 1.807) is 6.92 Å². The molecule has 1 aromatic heterocycles. The van der Waals surface area contributed by atoms with Gasteiger partial charge in [0.2, 0.25) is 11.8 Å². The van der Waals surface area contributed by atoms with E-state index in [1.807, 2.05) is 4.90 Å². The number of nitro groups is 1. The van der Waals surface area contributed by atoms with Crippen molar-refractivity contribution in [1.29, 1.82) is 0 Å². The van der Waals surface area contributed by atoms with Gasteiger partial charge in [-0.1, -0.05) is 0 Å². The average Bonchev–Trinajstić information content (AvgIpc) is 2.55. The lowest BCUT2D eigenvalue weighted by Gasteiger charge is -2.30. The van der Waals surface area contributed by atoms with Gasteiger partial charge in [0.25, 0.3) is 0 Å². The van der Waals surface area contributed by atoms with Gasteiger partial charge in [-0.15, -0.1) is 0 Å². The van der Waals surface area contributed by atoms with E-state index in [2.05, 4.69) is 20.2 Å². The number of nitrogens with one attached hydrogen (secondary N) is 1. The number of rotatable bonds is 3.